The van der Waals surface area contributed by atoms with Crippen LogP contribution in [0.2, 0.25) is 0 Å². The highest BCUT2D eigenvalue weighted by atomic mass is 19.2. The quantitative estimate of drug-likeness (QED) is 0.786. The highest BCUT2D eigenvalue weighted by Gasteiger charge is 2.17. The van der Waals surface area contributed by atoms with Crippen LogP contribution in [0.25, 0.3) is 0 Å². The SMILES string of the molecule is CC(OC(=O)c1ccc(F)c(F)c1)C(N)=O. The van der Waals surface area contributed by atoms with Crippen molar-refractivity contribution in [1.82, 2.24) is 0 Å². The number of amides is 1. The predicted molar refractivity (Wildman–Crippen MR) is 50.4 cm³/mol. The summed E-state index contributed by atoms with van der Waals surface area (Å²) in [7, 11) is 0. The van der Waals surface area contributed by atoms with E-state index in [0.717, 1.165) is 12.1 Å². The van der Waals surface area contributed by atoms with E-state index in [2.05, 4.69) is 4.74 Å². The zero-order valence-electron chi connectivity index (χ0n) is 8.37. The number of esters is 1. The lowest BCUT2D eigenvalue weighted by Gasteiger charge is -2.09. The number of ether oxygens (including phenoxy) is 1. The van der Waals surface area contributed by atoms with Gasteiger partial charge in [-0.05, 0) is 25.1 Å². The molecule has 1 aromatic carbocycles. The Bertz CT molecular complexity index is 434. The van der Waals surface area contributed by atoms with Crippen molar-refractivity contribution in [2.24, 2.45) is 5.73 Å². The molecule has 16 heavy (non-hydrogen) atoms. The number of nitrogens with two attached hydrogens (primary N) is 1. The summed E-state index contributed by atoms with van der Waals surface area (Å²) >= 11 is 0. The Morgan fingerprint density at radius 1 is 1.31 bits per heavy atom. The fourth-order valence-electron chi connectivity index (χ4n) is 0.910. The van der Waals surface area contributed by atoms with E-state index in [0.29, 0.717) is 6.07 Å². The summed E-state index contributed by atoms with van der Waals surface area (Å²) in [6.45, 7) is 1.28. The fraction of sp³-hybridized carbons (Fsp3) is 0.200. The third-order valence-electron chi connectivity index (χ3n) is 1.84. The second-order valence-electron chi connectivity index (χ2n) is 3.08. The van der Waals surface area contributed by atoms with Crippen molar-refractivity contribution < 1.29 is 23.1 Å². The van der Waals surface area contributed by atoms with Gasteiger partial charge < -0.3 is 10.5 Å². The van der Waals surface area contributed by atoms with Crippen LogP contribution < -0.4 is 5.73 Å². The second-order valence-corrected chi connectivity index (χ2v) is 3.08. The number of hydrogen-bond donors (Lipinski definition) is 1. The predicted octanol–water partition coefficient (Wildman–Crippen LogP) is 0.995. The molecule has 0 saturated carbocycles. The summed E-state index contributed by atoms with van der Waals surface area (Å²) in [5, 5.41) is 0. The van der Waals surface area contributed by atoms with Gasteiger partial charge in [-0.15, -0.1) is 0 Å². The summed E-state index contributed by atoms with van der Waals surface area (Å²) in [4.78, 5) is 21.9. The van der Waals surface area contributed by atoms with Gasteiger partial charge in [0.05, 0.1) is 5.56 Å². The number of benzene rings is 1. The summed E-state index contributed by atoms with van der Waals surface area (Å²) in [5.74, 6) is -4.00. The Labute approximate surface area is 90.0 Å². The van der Waals surface area contributed by atoms with E-state index in [1.165, 1.54) is 6.92 Å². The number of primary amides is 1. The molecule has 2 N–H and O–H groups in total. The standard InChI is InChI=1S/C10H9F2NO3/c1-5(9(13)14)16-10(15)6-2-3-7(11)8(12)4-6/h2-5H,1H3,(H2,13,14). The molecule has 0 aliphatic rings. The van der Waals surface area contributed by atoms with Crippen molar-refractivity contribution in [3.8, 4) is 0 Å². The largest absolute Gasteiger partial charge is 0.449 e. The highest BCUT2D eigenvalue weighted by Crippen LogP contribution is 2.10. The van der Waals surface area contributed by atoms with Gasteiger partial charge in [-0.2, -0.15) is 0 Å². The normalized spacial score (nSPS) is 11.9. The van der Waals surface area contributed by atoms with E-state index >= 15 is 0 Å². The van der Waals surface area contributed by atoms with Crippen molar-refractivity contribution in [2.45, 2.75) is 13.0 Å². The minimum atomic E-state index is -1.17. The second kappa shape index (κ2) is 4.69. The van der Waals surface area contributed by atoms with Gasteiger partial charge >= 0.3 is 5.97 Å². The maximum Gasteiger partial charge on any atom is 0.339 e. The highest BCUT2D eigenvalue weighted by molar-refractivity contribution is 5.91. The maximum absolute atomic E-state index is 12.8. The van der Waals surface area contributed by atoms with Crippen LogP contribution in [-0.2, 0) is 9.53 Å². The molecule has 0 saturated heterocycles. The van der Waals surface area contributed by atoms with Crippen LogP contribution in [0.3, 0.4) is 0 Å². The van der Waals surface area contributed by atoms with Crippen LogP contribution in [0.15, 0.2) is 18.2 Å². The van der Waals surface area contributed by atoms with Crippen LogP contribution in [0.4, 0.5) is 8.78 Å². The van der Waals surface area contributed by atoms with Crippen molar-refractivity contribution in [3.05, 3.63) is 35.4 Å². The van der Waals surface area contributed by atoms with Crippen LogP contribution in [-0.4, -0.2) is 18.0 Å². The van der Waals surface area contributed by atoms with Crippen LogP contribution in [0, 0.1) is 11.6 Å². The van der Waals surface area contributed by atoms with Gasteiger partial charge in [0, 0.05) is 0 Å². The zero-order chi connectivity index (χ0) is 12.3. The first-order valence-electron chi connectivity index (χ1n) is 4.37. The lowest BCUT2D eigenvalue weighted by atomic mass is 10.2. The average molecular weight is 229 g/mol. The summed E-state index contributed by atoms with van der Waals surface area (Å²) in [5.41, 5.74) is 4.68. The molecule has 6 heteroatoms. The molecule has 1 aromatic rings. The molecule has 0 radical (unpaired) electrons. The lowest BCUT2D eigenvalue weighted by molar-refractivity contribution is -0.125. The molecule has 0 heterocycles. The summed E-state index contributed by atoms with van der Waals surface area (Å²) in [6.07, 6.45) is -1.12. The van der Waals surface area contributed by atoms with Gasteiger partial charge in [0.1, 0.15) is 0 Å². The molecule has 1 atom stereocenters. The number of rotatable bonds is 3. The van der Waals surface area contributed by atoms with Gasteiger partial charge in [0.15, 0.2) is 17.7 Å². The van der Waals surface area contributed by atoms with E-state index < -0.39 is 29.6 Å². The monoisotopic (exact) mass is 229 g/mol. The number of hydrogen-bond acceptors (Lipinski definition) is 3. The number of carbonyl (C=O) groups excluding carboxylic acids is 2. The van der Waals surface area contributed by atoms with Gasteiger partial charge in [-0.1, -0.05) is 0 Å². The zero-order valence-corrected chi connectivity index (χ0v) is 8.37. The molecule has 0 spiro atoms. The Hall–Kier alpha value is -1.98. The van der Waals surface area contributed by atoms with Gasteiger partial charge in [-0.3, -0.25) is 4.79 Å². The Morgan fingerprint density at radius 2 is 1.94 bits per heavy atom. The Kier molecular flexibility index (Phi) is 3.55. The Balaban J connectivity index is 2.81. The van der Waals surface area contributed by atoms with Crippen LogP contribution in [0.1, 0.15) is 17.3 Å². The molecule has 1 unspecified atom stereocenters. The lowest BCUT2D eigenvalue weighted by Crippen LogP contribution is -2.30. The molecule has 86 valence electrons. The first-order chi connectivity index (χ1) is 7.41. The van der Waals surface area contributed by atoms with Gasteiger partial charge in [0.2, 0.25) is 0 Å². The maximum atomic E-state index is 12.8. The van der Waals surface area contributed by atoms with E-state index in [1.54, 1.807) is 0 Å². The molecule has 1 amide bonds. The molecule has 0 aliphatic heterocycles. The minimum Gasteiger partial charge on any atom is -0.449 e. The topological polar surface area (TPSA) is 69.4 Å². The van der Waals surface area contributed by atoms with Crippen molar-refractivity contribution >= 4 is 11.9 Å². The van der Waals surface area contributed by atoms with Crippen molar-refractivity contribution in [2.75, 3.05) is 0 Å². The van der Waals surface area contributed by atoms with Gasteiger partial charge in [-0.25, -0.2) is 13.6 Å². The first kappa shape index (κ1) is 12.1. The van der Waals surface area contributed by atoms with E-state index in [9.17, 15) is 18.4 Å². The minimum absolute atomic E-state index is 0.188. The fourth-order valence-corrected chi connectivity index (χ4v) is 0.910. The molecule has 0 bridgehead atoms. The molecular formula is C10H9F2NO3. The summed E-state index contributed by atoms with van der Waals surface area (Å²) < 4.78 is 29.9. The number of carbonyl (C=O) groups is 2. The van der Waals surface area contributed by atoms with Gasteiger partial charge in [0.25, 0.3) is 5.91 Å². The molecule has 0 aliphatic carbocycles. The molecule has 0 fully saturated rings. The smallest absolute Gasteiger partial charge is 0.339 e. The van der Waals surface area contributed by atoms with Crippen LogP contribution >= 0.6 is 0 Å². The van der Waals surface area contributed by atoms with E-state index in [4.69, 9.17) is 5.73 Å². The first-order valence-corrected chi connectivity index (χ1v) is 4.37. The van der Waals surface area contributed by atoms with Crippen molar-refractivity contribution in [1.29, 1.82) is 0 Å². The molecule has 1 rings (SSSR count). The van der Waals surface area contributed by atoms with E-state index in [-0.39, 0.29) is 5.56 Å². The average Bonchev–Trinajstić information content (AvgIpc) is 2.21. The Morgan fingerprint density at radius 3 is 2.44 bits per heavy atom. The molecule has 4 nitrogen and oxygen atoms in total. The molecular weight excluding hydrogens is 220 g/mol. The number of halogens is 2. The third kappa shape index (κ3) is 2.75. The van der Waals surface area contributed by atoms with Crippen molar-refractivity contribution in [3.63, 3.8) is 0 Å². The van der Waals surface area contributed by atoms with E-state index in [1.807, 2.05) is 0 Å². The summed E-state index contributed by atoms with van der Waals surface area (Å²) in [6, 6.07) is 2.53. The molecule has 0 aromatic heterocycles. The van der Waals surface area contributed by atoms with Crippen LogP contribution in [0.5, 0.6) is 0 Å². The third-order valence-corrected chi connectivity index (χ3v) is 1.84.